The summed E-state index contributed by atoms with van der Waals surface area (Å²) in [5, 5.41) is 8.58. The largest absolute Gasteiger partial charge is 0.343 e. The summed E-state index contributed by atoms with van der Waals surface area (Å²) < 4.78 is 0. The van der Waals surface area contributed by atoms with E-state index in [0.29, 0.717) is 24.4 Å². The van der Waals surface area contributed by atoms with Crippen LogP contribution in [0.2, 0.25) is 5.02 Å². The third kappa shape index (κ3) is 4.29. The molecular formula is C25H26ClN3O2. The Morgan fingerprint density at radius 1 is 1.13 bits per heavy atom. The average Bonchev–Trinajstić information content (AvgIpc) is 2.92. The van der Waals surface area contributed by atoms with Gasteiger partial charge in [0, 0.05) is 10.7 Å². The van der Waals surface area contributed by atoms with Gasteiger partial charge < -0.3 is 15.5 Å². The highest BCUT2D eigenvalue weighted by Crippen LogP contribution is 2.33. The van der Waals surface area contributed by atoms with Crippen molar-refractivity contribution in [3.63, 3.8) is 0 Å². The zero-order valence-corrected chi connectivity index (χ0v) is 18.4. The number of hydrogen-bond donors (Lipinski definition) is 2. The van der Waals surface area contributed by atoms with Crippen molar-refractivity contribution in [3.05, 3.63) is 76.8 Å². The number of likely N-dealkylation sites (N-methyl/N-ethyl adjacent to an activating group) is 1. The van der Waals surface area contributed by atoms with Gasteiger partial charge in [0.05, 0.1) is 12.6 Å². The number of carbonyl (C=O) groups is 2. The topological polar surface area (TPSA) is 61.4 Å². The maximum absolute atomic E-state index is 13.7. The molecule has 1 unspecified atom stereocenters. The summed E-state index contributed by atoms with van der Waals surface area (Å²) in [5.74, 6) is -0.305. The molecule has 0 aromatic heterocycles. The molecule has 2 N–H and O–H groups in total. The standard InChI is InChI=1S/C25H26ClN3O2/c1-16(27-2)24(30)28-22-14-12-18-8-4-6-10-23(18)29(25(22)31)15-20-19-9-5-3-7-17(19)11-13-21(20)26/h3-11,13,16,22,27H,12,14-15H2,1-2H3,(H,28,30)/t16-,22?/m0/s1. The maximum atomic E-state index is 13.7. The molecule has 3 aromatic carbocycles. The molecule has 3 aromatic rings. The van der Waals surface area contributed by atoms with Gasteiger partial charge in [0.1, 0.15) is 6.04 Å². The quantitative estimate of drug-likeness (QED) is 0.635. The molecular weight excluding hydrogens is 410 g/mol. The lowest BCUT2D eigenvalue weighted by Crippen LogP contribution is -2.52. The van der Waals surface area contributed by atoms with Gasteiger partial charge in [-0.25, -0.2) is 0 Å². The Labute approximate surface area is 187 Å². The second-order valence-corrected chi connectivity index (χ2v) is 8.32. The van der Waals surface area contributed by atoms with E-state index in [1.807, 2.05) is 60.7 Å². The van der Waals surface area contributed by atoms with Gasteiger partial charge in [0.25, 0.3) is 0 Å². The SMILES string of the molecule is CN[C@@H](C)C(=O)NC1CCc2ccccc2N(Cc2c(Cl)ccc3ccccc23)C1=O. The van der Waals surface area contributed by atoms with E-state index in [4.69, 9.17) is 11.6 Å². The lowest BCUT2D eigenvalue weighted by molar-refractivity contribution is -0.128. The summed E-state index contributed by atoms with van der Waals surface area (Å²) in [6.07, 6.45) is 1.26. The van der Waals surface area contributed by atoms with E-state index in [1.54, 1.807) is 18.9 Å². The number of carbonyl (C=O) groups excluding carboxylic acids is 2. The van der Waals surface area contributed by atoms with Gasteiger partial charge in [-0.05, 0) is 60.8 Å². The molecule has 4 rings (SSSR count). The van der Waals surface area contributed by atoms with Crippen molar-refractivity contribution in [1.82, 2.24) is 10.6 Å². The van der Waals surface area contributed by atoms with Gasteiger partial charge in [-0.1, -0.05) is 60.1 Å². The van der Waals surface area contributed by atoms with E-state index >= 15 is 0 Å². The molecule has 1 heterocycles. The van der Waals surface area contributed by atoms with Crippen molar-refractivity contribution in [2.45, 2.75) is 38.4 Å². The number of benzene rings is 3. The number of fused-ring (bicyclic) bond motifs is 2. The summed E-state index contributed by atoms with van der Waals surface area (Å²) in [5.41, 5.74) is 2.86. The Kier molecular flexibility index (Phi) is 6.25. The Bertz CT molecular complexity index is 1130. The van der Waals surface area contributed by atoms with Crippen LogP contribution in [0.15, 0.2) is 60.7 Å². The first-order chi connectivity index (χ1) is 15.0. The fraction of sp³-hybridized carbons (Fsp3) is 0.280. The Morgan fingerprint density at radius 2 is 1.87 bits per heavy atom. The molecule has 6 heteroatoms. The van der Waals surface area contributed by atoms with Crippen molar-refractivity contribution >= 4 is 39.9 Å². The zero-order valence-electron chi connectivity index (χ0n) is 17.7. The van der Waals surface area contributed by atoms with E-state index < -0.39 is 6.04 Å². The normalized spacial score (nSPS) is 17.2. The Hall–Kier alpha value is -2.89. The van der Waals surface area contributed by atoms with E-state index in [9.17, 15) is 9.59 Å². The van der Waals surface area contributed by atoms with Crippen LogP contribution in [0, 0.1) is 0 Å². The highest BCUT2D eigenvalue weighted by molar-refractivity contribution is 6.32. The molecule has 0 fully saturated rings. The van der Waals surface area contributed by atoms with Crippen molar-refractivity contribution in [2.24, 2.45) is 0 Å². The van der Waals surface area contributed by atoms with Crippen LogP contribution in [0.3, 0.4) is 0 Å². The minimum Gasteiger partial charge on any atom is -0.343 e. The molecule has 1 aliphatic heterocycles. The van der Waals surface area contributed by atoms with Crippen LogP contribution >= 0.6 is 11.6 Å². The van der Waals surface area contributed by atoms with Crippen LogP contribution in [0.25, 0.3) is 10.8 Å². The molecule has 1 aliphatic rings. The summed E-state index contributed by atoms with van der Waals surface area (Å²) in [4.78, 5) is 27.9. The number of halogens is 1. The molecule has 0 bridgehead atoms. The van der Waals surface area contributed by atoms with Gasteiger partial charge in [0.15, 0.2) is 0 Å². The number of nitrogens with zero attached hydrogens (tertiary/aromatic N) is 1. The molecule has 0 saturated carbocycles. The van der Waals surface area contributed by atoms with Crippen LogP contribution in [0.5, 0.6) is 0 Å². The molecule has 2 atom stereocenters. The molecule has 2 amide bonds. The molecule has 160 valence electrons. The van der Waals surface area contributed by atoms with E-state index in [-0.39, 0.29) is 17.9 Å². The maximum Gasteiger partial charge on any atom is 0.249 e. The van der Waals surface area contributed by atoms with Crippen molar-refractivity contribution in [3.8, 4) is 0 Å². The van der Waals surface area contributed by atoms with E-state index in [2.05, 4.69) is 10.6 Å². The predicted molar refractivity (Wildman–Crippen MR) is 125 cm³/mol. The first kappa shape index (κ1) is 21.3. The first-order valence-electron chi connectivity index (χ1n) is 10.5. The summed E-state index contributed by atoms with van der Waals surface area (Å²) in [6, 6.07) is 18.8. The van der Waals surface area contributed by atoms with Gasteiger partial charge in [0.2, 0.25) is 11.8 Å². The van der Waals surface area contributed by atoms with Crippen molar-refractivity contribution in [2.75, 3.05) is 11.9 Å². The smallest absolute Gasteiger partial charge is 0.249 e. The number of para-hydroxylation sites is 1. The van der Waals surface area contributed by atoms with Gasteiger partial charge in [-0.3, -0.25) is 9.59 Å². The molecule has 0 spiro atoms. The number of amides is 2. The third-order valence-electron chi connectivity index (χ3n) is 5.99. The second kappa shape index (κ2) is 9.08. The minimum absolute atomic E-state index is 0.120. The lowest BCUT2D eigenvalue weighted by atomic mass is 10.0. The van der Waals surface area contributed by atoms with Crippen LogP contribution in [-0.2, 0) is 22.6 Å². The number of hydrogen-bond acceptors (Lipinski definition) is 3. The van der Waals surface area contributed by atoms with Crippen LogP contribution in [-0.4, -0.2) is 30.9 Å². The molecule has 0 saturated heterocycles. The fourth-order valence-electron chi connectivity index (χ4n) is 4.07. The van der Waals surface area contributed by atoms with Gasteiger partial charge in [-0.2, -0.15) is 0 Å². The summed E-state index contributed by atoms with van der Waals surface area (Å²) in [7, 11) is 1.73. The number of anilines is 1. The Morgan fingerprint density at radius 3 is 2.68 bits per heavy atom. The number of rotatable bonds is 5. The predicted octanol–water partition coefficient (Wildman–Crippen LogP) is 4.07. The van der Waals surface area contributed by atoms with Crippen molar-refractivity contribution < 1.29 is 9.59 Å². The van der Waals surface area contributed by atoms with Crippen LogP contribution in [0.1, 0.15) is 24.5 Å². The first-order valence-corrected chi connectivity index (χ1v) is 10.9. The summed E-state index contributed by atoms with van der Waals surface area (Å²) in [6.45, 7) is 2.11. The molecule has 5 nitrogen and oxygen atoms in total. The van der Waals surface area contributed by atoms with Gasteiger partial charge in [-0.15, -0.1) is 0 Å². The summed E-state index contributed by atoms with van der Waals surface area (Å²) >= 11 is 6.60. The highest BCUT2D eigenvalue weighted by atomic mass is 35.5. The molecule has 0 radical (unpaired) electrons. The zero-order chi connectivity index (χ0) is 22.0. The molecule has 0 aliphatic carbocycles. The Balaban J connectivity index is 1.74. The van der Waals surface area contributed by atoms with Crippen molar-refractivity contribution in [1.29, 1.82) is 0 Å². The average molecular weight is 436 g/mol. The molecule has 31 heavy (non-hydrogen) atoms. The monoisotopic (exact) mass is 435 g/mol. The highest BCUT2D eigenvalue weighted by Gasteiger charge is 2.32. The van der Waals surface area contributed by atoms with E-state index in [0.717, 1.165) is 27.6 Å². The number of nitrogens with one attached hydrogen (secondary N) is 2. The van der Waals surface area contributed by atoms with Gasteiger partial charge >= 0.3 is 0 Å². The minimum atomic E-state index is -0.593. The van der Waals surface area contributed by atoms with E-state index in [1.165, 1.54) is 0 Å². The number of aryl methyl sites for hydroxylation is 1. The lowest BCUT2D eigenvalue weighted by Gasteiger charge is -2.28. The third-order valence-corrected chi connectivity index (χ3v) is 6.35. The fourth-order valence-corrected chi connectivity index (χ4v) is 4.29. The van der Waals surface area contributed by atoms with Crippen LogP contribution < -0.4 is 15.5 Å². The second-order valence-electron chi connectivity index (χ2n) is 7.91. The van der Waals surface area contributed by atoms with Crippen LogP contribution in [0.4, 0.5) is 5.69 Å².